The van der Waals surface area contributed by atoms with Gasteiger partial charge in [-0.1, -0.05) is 27.7 Å². The Kier molecular flexibility index (Phi) is 10.9. The van der Waals surface area contributed by atoms with Crippen LogP contribution in [0.15, 0.2) is 23.1 Å². The van der Waals surface area contributed by atoms with Crippen LogP contribution >= 0.6 is 0 Å². The van der Waals surface area contributed by atoms with E-state index in [1.54, 1.807) is 39.8 Å². The zero-order chi connectivity index (χ0) is 23.6. The average Bonchev–Trinajstić information content (AvgIpc) is 2.74. The Balaban J connectivity index is 3.05. The Morgan fingerprint density at radius 3 is 2.26 bits per heavy atom. The summed E-state index contributed by atoms with van der Waals surface area (Å²) < 4.78 is 37.7. The maximum Gasteiger partial charge on any atom is 0.309 e. The summed E-state index contributed by atoms with van der Waals surface area (Å²) in [4.78, 5) is 26.0. The van der Waals surface area contributed by atoms with Gasteiger partial charge in [-0.3, -0.25) is 14.5 Å². The minimum absolute atomic E-state index is 0.0162. The number of carbonyl (C=O) groups is 2. The lowest BCUT2D eigenvalue weighted by Crippen LogP contribution is -2.38. The van der Waals surface area contributed by atoms with Crippen molar-refractivity contribution >= 4 is 27.6 Å². The zero-order valence-corrected chi connectivity index (χ0v) is 20.1. The Labute approximate surface area is 185 Å². The van der Waals surface area contributed by atoms with E-state index in [-0.39, 0.29) is 35.0 Å². The molecule has 9 nitrogen and oxygen atoms in total. The number of sulfonamides is 1. The molecule has 1 unspecified atom stereocenters. The molecule has 176 valence electrons. The number of hydrogen-bond donors (Lipinski definition) is 1. The molecular weight excluding hydrogens is 422 g/mol. The summed E-state index contributed by atoms with van der Waals surface area (Å²) in [7, 11) is -2.44. The van der Waals surface area contributed by atoms with Gasteiger partial charge in [-0.2, -0.15) is 4.31 Å². The summed E-state index contributed by atoms with van der Waals surface area (Å²) in [6.45, 7) is 10.9. The molecule has 31 heavy (non-hydrogen) atoms. The molecule has 0 radical (unpaired) electrons. The van der Waals surface area contributed by atoms with Gasteiger partial charge < -0.3 is 14.8 Å². The lowest BCUT2D eigenvalue weighted by molar-refractivity contribution is -0.145. The smallest absolute Gasteiger partial charge is 0.309 e. The normalized spacial score (nSPS) is 12.6. The number of hydrogen-bond acceptors (Lipinski definition) is 7. The van der Waals surface area contributed by atoms with Gasteiger partial charge >= 0.3 is 5.97 Å². The molecule has 10 heteroatoms. The molecule has 0 fully saturated rings. The number of benzene rings is 1. The van der Waals surface area contributed by atoms with Gasteiger partial charge in [0.25, 0.3) is 0 Å². The summed E-state index contributed by atoms with van der Waals surface area (Å²) >= 11 is 0. The van der Waals surface area contributed by atoms with Gasteiger partial charge in [0.2, 0.25) is 15.9 Å². The first-order chi connectivity index (χ1) is 14.6. The van der Waals surface area contributed by atoms with E-state index in [9.17, 15) is 18.0 Å². The van der Waals surface area contributed by atoms with Crippen molar-refractivity contribution in [1.82, 2.24) is 9.21 Å². The first-order valence-corrected chi connectivity index (χ1v) is 11.9. The molecule has 1 rings (SSSR count). The molecule has 0 aliphatic carbocycles. The van der Waals surface area contributed by atoms with Crippen LogP contribution in [0.1, 0.15) is 34.6 Å². The number of amides is 1. The number of esters is 1. The van der Waals surface area contributed by atoms with E-state index in [4.69, 9.17) is 9.47 Å². The predicted octanol–water partition coefficient (Wildman–Crippen LogP) is 2.19. The summed E-state index contributed by atoms with van der Waals surface area (Å²) in [5.41, 5.74) is 0.358. The summed E-state index contributed by atoms with van der Waals surface area (Å²) in [5, 5.41) is 2.74. The summed E-state index contributed by atoms with van der Waals surface area (Å²) in [5.74, 6) is -0.769. The van der Waals surface area contributed by atoms with E-state index in [0.717, 1.165) is 0 Å². The summed E-state index contributed by atoms with van der Waals surface area (Å²) in [6, 6.07) is 4.58. The third-order valence-electron chi connectivity index (χ3n) is 4.80. The van der Waals surface area contributed by atoms with Crippen LogP contribution < -0.4 is 10.1 Å². The molecule has 1 aromatic carbocycles. The van der Waals surface area contributed by atoms with Gasteiger partial charge in [-0.05, 0) is 31.7 Å². The third kappa shape index (κ3) is 7.48. The molecule has 0 spiro atoms. The topological polar surface area (TPSA) is 105 Å². The van der Waals surface area contributed by atoms with Crippen molar-refractivity contribution in [3.05, 3.63) is 18.2 Å². The number of methoxy groups -OCH3 is 1. The molecule has 1 amide bonds. The van der Waals surface area contributed by atoms with Crippen LogP contribution in [0.3, 0.4) is 0 Å². The monoisotopic (exact) mass is 457 g/mol. The second-order valence-corrected chi connectivity index (χ2v) is 8.89. The molecule has 0 heterocycles. The Morgan fingerprint density at radius 1 is 1.10 bits per heavy atom. The SMILES string of the molecule is CCOc1ccc(NC(=O)CN(CC)CC(C)C(=O)OC)cc1S(=O)(=O)N(CC)CC. The molecule has 1 N–H and O–H groups in total. The number of likely N-dealkylation sites (N-methyl/N-ethyl adjacent to an activating group) is 1. The van der Waals surface area contributed by atoms with E-state index in [1.165, 1.54) is 17.5 Å². The third-order valence-corrected chi connectivity index (χ3v) is 6.87. The first kappa shape index (κ1) is 26.9. The van der Waals surface area contributed by atoms with Crippen LogP contribution in [0.25, 0.3) is 0 Å². The second kappa shape index (κ2) is 12.6. The Hall–Kier alpha value is -2.17. The van der Waals surface area contributed by atoms with Gasteiger partial charge in [-0.15, -0.1) is 0 Å². The maximum absolute atomic E-state index is 13.0. The van der Waals surface area contributed by atoms with Crippen LogP contribution in [-0.4, -0.2) is 75.9 Å². The van der Waals surface area contributed by atoms with Crippen molar-refractivity contribution in [2.45, 2.75) is 39.5 Å². The average molecular weight is 458 g/mol. The van der Waals surface area contributed by atoms with E-state index in [2.05, 4.69) is 5.32 Å². The van der Waals surface area contributed by atoms with Crippen LogP contribution in [-0.2, 0) is 24.3 Å². The fourth-order valence-corrected chi connectivity index (χ4v) is 4.75. The molecule has 0 aromatic heterocycles. The molecule has 0 aliphatic rings. The number of nitrogens with zero attached hydrogens (tertiary/aromatic N) is 2. The van der Waals surface area contributed by atoms with Gasteiger partial charge in [0.1, 0.15) is 10.6 Å². The standard InChI is InChI=1S/C21H35N3O6S/c1-7-23(14-16(5)21(26)29-6)15-20(25)22-17-11-12-18(30-10-4)19(13-17)31(27,28)24(8-2)9-3/h11-13,16H,7-10,14-15H2,1-6H3,(H,22,25). The highest BCUT2D eigenvalue weighted by molar-refractivity contribution is 7.89. The van der Waals surface area contributed by atoms with E-state index in [0.29, 0.717) is 38.5 Å². The van der Waals surface area contributed by atoms with Crippen LogP contribution in [0.5, 0.6) is 5.75 Å². The van der Waals surface area contributed by atoms with Crippen LogP contribution in [0.4, 0.5) is 5.69 Å². The molecule has 0 aliphatic heterocycles. The van der Waals surface area contributed by atoms with Crippen LogP contribution in [0.2, 0.25) is 0 Å². The lowest BCUT2D eigenvalue weighted by Gasteiger charge is -2.23. The zero-order valence-electron chi connectivity index (χ0n) is 19.3. The highest BCUT2D eigenvalue weighted by Crippen LogP contribution is 2.30. The minimum atomic E-state index is -3.77. The van der Waals surface area contributed by atoms with Gasteiger partial charge in [0.15, 0.2) is 0 Å². The Bertz CT molecular complexity index is 840. The van der Waals surface area contributed by atoms with Crippen molar-refractivity contribution in [2.75, 3.05) is 51.8 Å². The molecule has 0 saturated carbocycles. The minimum Gasteiger partial charge on any atom is -0.492 e. The molecule has 0 bridgehead atoms. The van der Waals surface area contributed by atoms with Gasteiger partial charge in [0.05, 0.1) is 26.2 Å². The summed E-state index contributed by atoms with van der Waals surface area (Å²) in [6.07, 6.45) is 0. The second-order valence-electron chi connectivity index (χ2n) is 6.98. The van der Waals surface area contributed by atoms with Crippen LogP contribution in [0, 0.1) is 5.92 Å². The van der Waals surface area contributed by atoms with Crippen molar-refractivity contribution in [1.29, 1.82) is 0 Å². The quantitative estimate of drug-likeness (QED) is 0.453. The predicted molar refractivity (Wildman–Crippen MR) is 120 cm³/mol. The van der Waals surface area contributed by atoms with E-state index >= 15 is 0 Å². The largest absolute Gasteiger partial charge is 0.492 e. The molecule has 0 saturated heterocycles. The number of rotatable bonds is 13. The Morgan fingerprint density at radius 2 is 1.74 bits per heavy atom. The van der Waals surface area contributed by atoms with E-state index < -0.39 is 10.0 Å². The molecule has 1 atom stereocenters. The number of ether oxygens (including phenoxy) is 2. The van der Waals surface area contributed by atoms with Gasteiger partial charge in [-0.25, -0.2) is 8.42 Å². The van der Waals surface area contributed by atoms with Crippen molar-refractivity contribution in [2.24, 2.45) is 5.92 Å². The fourth-order valence-electron chi connectivity index (χ4n) is 3.14. The highest BCUT2D eigenvalue weighted by atomic mass is 32.2. The van der Waals surface area contributed by atoms with Crippen molar-refractivity contribution in [3.63, 3.8) is 0 Å². The molecular formula is C21H35N3O6S. The lowest BCUT2D eigenvalue weighted by atomic mass is 10.1. The first-order valence-electron chi connectivity index (χ1n) is 10.5. The number of nitrogens with one attached hydrogen (secondary N) is 1. The van der Waals surface area contributed by atoms with Crippen molar-refractivity contribution < 1.29 is 27.5 Å². The van der Waals surface area contributed by atoms with E-state index in [1.807, 2.05) is 11.8 Å². The van der Waals surface area contributed by atoms with Gasteiger partial charge in [0, 0.05) is 25.3 Å². The highest BCUT2D eigenvalue weighted by Gasteiger charge is 2.26. The number of anilines is 1. The molecule has 1 aromatic rings. The maximum atomic E-state index is 13.0. The number of carbonyl (C=O) groups excluding carboxylic acids is 2. The fraction of sp³-hybridized carbons (Fsp3) is 0.619. The van der Waals surface area contributed by atoms with Crippen molar-refractivity contribution in [3.8, 4) is 5.75 Å².